The van der Waals surface area contributed by atoms with Crippen LogP contribution in [0.3, 0.4) is 0 Å². The lowest BCUT2D eigenvalue weighted by molar-refractivity contribution is 0.507. The summed E-state index contributed by atoms with van der Waals surface area (Å²) in [5, 5.41) is 4.14. The molecule has 0 aliphatic heterocycles. The van der Waals surface area contributed by atoms with Crippen LogP contribution in [0.1, 0.15) is 135 Å². The summed E-state index contributed by atoms with van der Waals surface area (Å²) in [4.78, 5) is 3.98. The van der Waals surface area contributed by atoms with Crippen LogP contribution in [0.4, 0.5) is 0 Å². The van der Waals surface area contributed by atoms with E-state index in [1.165, 1.54) is 128 Å². The fourth-order valence-corrected chi connectivity index (χ4v) is 3.88. The first-order valence-electron chi connectivity index (χ1n) is 12.3. The molecule has 0 unspecified atom stereocenters. The van der Waals surface area contributed by atoms with Gasteiger partial charge >= 0.3 is 0 Å². The maximum absolute atomic E-state index is 4.14. The minimum absolute atomic E-state index is 1.03. The van der Waals surface area contributed by atoms with E-state index in [-0.39, 0.29) is 0 Å². The van der Waals surface area contributed by atoms with E-state index in [9.17, 15) is 0 Å². The van der Waals surface area contributed by atoms with Crippen LogP contribution in [0.25, 0.3) is 0 Å². The fourth-order valence-electron chi connectivity index (χ4n) is 3.88. The number of hydrogen-bond donors (Lipinski definition) is 0. The van der Waals surface area contributed by atoms with Gasteiger partial charge in [-0.1, -0.05) is 129 Å². The van der Waals surface area contributed by atoms with Gasteiger partial charge < -0.3 is 0 Å². The summed E-state index contributed by atoms with van der Waals surface area (Å²) in [5.74, 6) is 0. The largest absolute Gasteiger partial charge is 0.253 e. The first-order chi connectivity index (χ1) is 13.4. The molecule has 1 aromatic heterocycles. The molecular formula is C24H47N3. The zero-order chi connectivity index (χ0) is 19.3. The molecule has 0 radical (unpaired) electrons. The molecule has 0 spiro atoms. The molecule has 0 aliphatic rings. The Morgan fingerprint density at radius 2 is 0.889 bits per heavy atom. The molecule has 0 atom stereocenters. The van der Waals surface area contributed by atoms with Crippen LogP contribution in [0, 0.1) is 0 Å². The Bertz CT molecular complexity index is 375. The van der Waals surface area contributed by atoms with Crippen LogP contribution in [0.2, 0.25) is 0 Å². The Morgan fingerprint density at radius 1 is 0.519 bits per heavy atom. The smallest absolute Gasteiger partial charge is 0.137 e. The molecule has 3 heteroatoms. The van der Waals surface area contributed by atoms with Crippen molar-refractivity contribution < 1.29 is 0 Å². The normalized spacial score (nSPS) is 11.3. The van der Waals surface area contributed by atoms with E-state index >= 15 is 0 Å². The van der Waals surface area contributed by atoms with Crippen molar-refractivity contribution in [2.24, 2.45) is 0 Å². The van der Waals surface area contributed by atoms with Crippen LogP contribution in [-0.4, -0.2) is 14.8 Å². The van der Waals surface area contributed by atoms with E-state index in [1.54, 1.807) is 6.33 Å². The van der Waals surface area contributed by atoms with Gasteiger partial charge in [0.05, 0.1) is 0 Å². The third-order valence-corrected chi connectivity index (χ3v) is 5.71. The summed E-state index contributed by atoms with van der Waals surface area (Å²) >= 11 is 0. The first kappa shape index (κ1) is 24.2. The molecule has 1 aromatic rings. The topological polar surface area (TPSA) is 30.7 Å². The van der Waals surface area contributed by atoms with Crippen LogP contribution in [0.5, 0.6) is 0 Å². The molecule has 0 amide bonds. The fraction of sp³-hybridized carbons (Fsp3) is 0.917. The SMILES string of the molecule is CCCCCCCCCCCCCCCCCCCCCCn1cncn1. The van der Waals surface area contributed by atoms with E-state index < -0.39 is 0 Å². The second-order valence-corrected chi connectivity index (χ2v) is 8.38. The summed E-state index contributed by atoms with van der Waals surface area (Å²) in [6.07, 6.45) is 32.1. The van der Waals surface area contributed by atoms with E-state index in [1.807, 2.05) is 11.0 Å². The lowest BCUT2D eigenvalue weighted by atomic mass is 10.0. The van der Waals surface area contributed by atoms with Gasteiger partial charge in [-0.2, -0.15) is 5.10 Å². The van der Waals surface area contributed by atoms with Crippen molar-refractivity contribution >= 4 is 0 Å². The Labute approximate surface area is 169 Å². The Balaban J connectivity index is 1.64. The second-order valence-electron chi connectivity index (χ2n) is 8.38. The standard InChI is InChI=1S/C24H47N3/c1-2-3-4-5-6-7-8-9-10-11-12-13-14-15-16-17-18-19-20-21-22-27-24-25-23-26-27/h23-24H,2-22H2,1H3. The quantitative estimate of drug-likeness (QED) is 0.203. The molecular weight excluding hydrogens is 330 g/mol. The highest BCUT2D eigenvalue weighted by atomic mass is 15.3. The number of hydrogen-bond acceptors (Lipinski definition) is 2. The minimum atomic E-state index is 1.03. The monoisotopic (exact) mass is 377 g/mol. The third-order valence-electron chi connectivity index (χ3n) is 5.71. The Hall–Kier alpha value is -0.860. The predicted molar refractivity (Wildman–Crippen MR) is 118 cm³/mol. The summed E-state index contributed by atoms with van der Waals surface area (Å²) < 4.78 is 1.94. The van der Waals surface area contributed by atoms with E-state index in [0.717, 1.165) is 6.54 Å². The number of unbranched alkanes of at least 4 members (excludes halogenated alkanes) is 19. The molecule has 0 fully saturated rings. The third kappa shape index (κ3) is 17.0. The van der Waals surface area contributed by atoms with Gasteiger partial charge in [0, 0.05) is 6.54 Å². The maximum atomic E-state index is 4.14. The highest BCUT2D eigenvalue weighted by Crippen LogP contribution is 2.14. The maximum Gasteiger partial charge on any atom is 0.137 e. The van der Waals surface area contributed by atoms with Gasteiger partial charge in [0.2, 0.25) is 0 Å². The van der Waals surface area contributed by atoms with Gasteiger partial charge in [0.1, 0.15) is 12.7 Å². The molecule has 27 heavy (non-hydrogen) atoms. The van der Waals surface area contributed by atoms with E-state index in [4.69, 9.17) is 0 Å². The van der Waals surface area contributed by atoms with E-state index in [0.29, 0.717) is 0 Å². The highest BCUT2D eigenvalue weighted by Gasteiger charge is 1.96. The molecule has 1 heterocycles. The molecule has 158 valence electrons. The molecule has 0 saturated carbocycles. The molecule has 3 nitrogen and oxygen atoms in total. The van der Waals surface area contributed by atoms with Crippen molar-refractivity contribution in [3.05, 3.63) is 12.7 Å². The van der Waals surface area contributed by atoms with Crippen molar-refractivity contribution in [3.63, 3.8) is 0 Å². The minimum Gasteiger partial charge on any atom is -0.253 e. The number of aromatic nitrogens is 3. The van der Waals surface area contributed by atoms with Gasteiger partial charge in [0.15, 0.2) is 0 Å². The van der Waals surface area contributed by atoms with Crippen LogP contribution in [0.15, 0.2) is 12.7 Å². The van der Waals surface area contributed by atoms with Gasteiger partial charge in [-0.15, -0.1) is 0 Å². The predicted octanol–water partition coefficient (Wildman–Crippen LogP) is 8.10. The number of aryl methyl sites for hydroxylation is 1. The lowest BCUT2D eigenvalue weighted by Gasteiger charge is -2.04. The molecule has 1 rings (SSSR count). The van der Waals surface area contributed by atoms with Crippen molar-refractivity contribution in [2.45, 2.75) is 142 Å². The number of rotatable bonds is 21. The Kier molecular flexibility index (Phi) is 17.8. The van der Waals surface area contributed by atoms with Gasteiger partial charge in [-0.25, -0.2) is 4.98 Å². The average Bonchev–Trinajstić information content (AvgIpc) is 3.20. The van der Waals surface area contributed by atoms with Crippen LogP contribution in [-0.2, 0) is 6.54 Å². The Morgan fingerprint density at radius 3 is 1.22 bits per heavy atom. The molecule has 0 aromatic carbocycles. The average molecular weight is 378 g/mol. The van der Waals surface area contributed by atoms with Crippen molar-refractivity contribution in [3.8, 4) is 0 Å². The highest BCUT2D eigenvalue weighted by molar-refractivity contribution is 4.56. The summed E-state index contributed by atoms with van der Waals surface area (Å²) in [7, 11) is 0. The van der Waals surface area contributed by atoms with Crippen LogP contribution >= 0.6 is 0 Å². The zero-order valence-corrected chi connectivity index (χ0v) is 18.3. The van der Waals surface area contributed by atoms with Gasteiger partial charge in [0.25, 0.3) is 0 Å². The van der Waals surface area contributed by atoms with Crippen LogP contribution < -0.4 is 0 Å². The second kappa shape index (κ2) is 19.9. The summed E-state index contributed by atoms with van der Waals surface area (Å²) in [5.41, 5.74) is 0. The molecule has 0 saturated heterocycles. The van der Waals surface area contributed by atoms with Crippen molar-refractivity contribution in [2.75, 3.05) is 0 Å². The van der Waals surface area contributed by atoms with E-state index in [2.05, 4.69) is 17.0 Å². The van der Waals surface area contributed by atoms with Crippen molar-refractivity contribution in [1.29, 1.82) is 0 Å². The van der Waals surface area contributed by atoms with Gasteiger partial charge in [-0.3, -0.25) is 4.68 Å². The van der Waals surface area contributed by atoms with Crippen molar-refractivity contribution in [1.82, 2.24) is 14.8 Å². The zero-order valence-electron chi connectivity index (χ0n) is 18.3. The molecule has 0 aliphatic carbocycles. The summed E-state index contributed by atoms with van der Waals surface area (Å²) in [6, 6.07) is 0. The lowest BCUT2D eigenvalue weighted by Crippen LogP contribution is -1.97. The molecule has 0 N–H and O–H groups in total. The molecule has 0 bridgehead atoms. The first-order valence-corrected chi connectivity index (χ1v) is 12.3. The summed E-state index contributed by atoms with van der Waals surface area (Å²) in [6.45, 7) is 3.32. The number of nitrogens with zero attached hydrogens (tertiary/aromatic N) is 3. The van der Waals surface area contributed by atoms with Gasteiger partial charge in [-0.05, 0) is 6.42 Å².